The highest BCUT2D eigenvalue weighted by Crippen LogP contribution is 2.42. The third-order valence-electron chi connectivity index (χ3n) is 5.86. The number of hydrogen-bond acceptors (Lipinski definition) is 6. The van der Waals surface area contributed by atoms with Gasteiger partial charge in [-0.05, 0) is 50.2 Å². The van der Waals surface area contributed by atoms with Crippen LogP contribution in [0.15, 0.2) is 36.5 Å². The lowest BCUT2D eigenvalue weighted by Crippen LogP contribution is -2.25. The van der Waals surface area contributed by atoms with E-state index in [-0.39, 0.29) is 11.7 Å². The molecule has 2 heterocycles. The van der Waals surface area contributed by atoms with E-state index in [0.29, 0.717) is 16.7 Å². The van der Waals surface area contributed by atoms with E-state index in [1.807, 2.05) is 6.07 Å². The van der Waals surface area contributed by atoms with Gasteiger partial charge in [0.2, 0.25) is 0 Å². The molecule has 0 aliphatic heterocycles. The number of anilines is 2. The molecule has 1 fully saturated rings. The zero-order chi connectivity index (χ0) is 21.4. The van der Waals surface area contributed by atoms with Gasteiger partial charge in [0.05, 0.1) is 17.9 Å². The zero-order valence-electron chi connectivity index (χ0n) is 16.9. The number of aryl methyl sites for hydroxylation is 1. The average Bonchev–Trinajstić information content (AvgIpc) is 3.15. The summed E-state index contributed by atoms with van der Waals surface area (Å²) in [6, 6.07) is 8.10. The van der Waals surface area contributed by atoms with Crippen molar-refractivity contribution in [2.24, 2.45) is 0 Å². The van der Waals surface area contributed by atoms with Crippen molar-refractivity contribution in [1.29, 1.82) is 0 Å². The van der Waals surface area contributed by atoms with E-state index in [1.54, 1.807) is 18.3 Å². The molecule has 2 aliphatic rings. The third-order valence-corrected chi connectivity index (χ3v) is 6.91. The van der Waals surface area contributed by atoms with Crippen LogP contribution in [0.1, 0.15) is 60.8 Å². The van der Waals surface area contributed by atoms with E-state index < -0.39 is 12.5 Å². The third kappa shape index (κ3) is 4.14. The summed E-state index contributed by atoms with van der Waals surface area (Å²) >= 11 is 1.53. The maximum Gasteiger partial charge on any atom is 0.263 e. The standard InChI is InChI=1S/C23H23F2N3O2S/c24-21(25)14-9-7-13(8-10-14)16-11-12-26-22(20(16)30-15-3-1-4-15)28-23-27-19-17(29)5-2-6-18(19)31-23/h7-12,15,17,21,29H,1-6H2,(H,26,27,28). The predicted octanol–water partition coefficient (Wildman–Crippen LogP) is 6.19. The van der Waals surface area contributed by atoms with Crippen LogP contribution in [0.2, 0.25) is 0 Å². The molecule has 31 heavy (non-hydrogen) atoms. The first-order valence-corrected chi connectivity index (χ1v) is 11.4. The molecule has 2 N–H and O–H groups in total. The van der Waals surface area contributed by atoms with E-state index in [1.165, 1.54) is 23.5 Å². The highest BCUT2D eigenvalue weighted by atomic mass is 32.1. The van der Waals surface area contributed by atoms with Gasteiger partial charge in [0, 0.05) is 22.2 Å². The van der Waals surface area contributed by atoms with Crippen LogP contribution >= 0.6 is 11.3 Å². The minimum Gasteiger partial charge on any atom is -0.486 e. The molecule has 1 aromatic carbocycles. The Hall–Kier alpha value is -2.58. The molecule has 1 unspecified atom stereocenters. The van der Waals surface area contributed by atoms with Gasteiger partial charge >= 0.3 is 0 Å². The van der Waals surface area contributed by atoms with Gasteiger partial charge in [0.25, 0.3) is 6.43 Å². The Morgan fingerprint density at radius 3 is 2.58 bits per heavy atom. The fourth-order valence-electron chi connectivity index (χ4n) is 3.90. The molecule has 8 heteroatoms. The van der Waals surface area contributed by atoms with Gasteiger partial charge in [0.1, 0.15) is 0 Å². The van der Waals surface area contributed by atoms with E-state index in [4.69, 9.17) is 4.74 Å². The quantitative estimate of drug-likeness (QED) is 0.476. The summed E-state index contributed by atoms with van der Waals surface area (Å²) in [5.41, 5.74) is 2.33. The van der Waals surface area contributed by atoms with Gasteiger partial charge in [-0.15, -0.1) is 11.3 Å². The molecule has 1 saturated carbocycles. The van der Waals surface area contributed by atoms with Crippen molar-refractivity contribution in [2.75, 3.05) is 5.32 Å². The lowest BCUT2D eigenvalue weighted by atomic mass is 9.96. The number of ether oxygens (including phenoxy) is 1. The Labute approximate surface area is 183 Å². The first-order valence-electron chi connectivity index (χ1n) is 10.6. The van der Waals surface area contributed by atoms with Crippen molar-refractivity contribution in [3.05, 3.63) is 52.7 Å². The van der Waals surface area contributed by atoms with Crippen molar-refractivity contribution in [1.82, 2.24) is 9.97 Å². The van der Waals surface area contributed by atoms with E-state index in [0.717, 1.165) is 60.2 Å². The molecule has 5 nitrogen and oxygen atoms in total. The molecule has 0 bridgehead atoms. The molecule has 0 saturated heterocycles. The summed E-state index contributed by atoms with van der Waals surface area (Å²) in [5.74, 6) is 1.15. The largest absolute Gasteiger partial charge is 0.486 e. The molecular weight excluding hydrogens is 420 g/mol. The number of aliphatic hydroxyl groups excluding tert-OH is 1. The van der Waals surface area contributed by atoms with E-state index >= 15 is 0 Å². The number of aliphatic hydroxyl groups is 1. The van der Waals surface area contributed by atoms with Crippen molar-refractivity contribution < 1.29 is 18.6 Å². The number of hydrogen-bond donors (Lipinski definition) is 2. The molecule has 0 amide bonds. The molecule has 0 spiro atoms. The fraction of sp³-hybridized carbons (Fsp3) is 0.391. The number of thiazole rings is 1. The monoisotopic (exact) mass is 443 g/mol. The Kier molecular flexibility index (Phi) is 5.58. The number of fused-ring (bicyclic) bond motifs is 1. The Morgan fingerprint density at radius 2 is 1.90 bits per heavy atom. The second kappa shape index (κ2) is 8.51. The number of benzene rings is 1. The number of pyridine rings is 1. The van der Waals surface area contributed by atoms with Crippen LogP contribution in [0.25, 0.3) is 11.1 Å². The minimum atomic E-state index is -2.50. The normalized spacial score (nSPS) is 18.5. The van der Waals surface area contributed by atoms with Crippen LogP contribution in [-0.2, 0) is 6.42 Å². The summed E-state index contributed by atoms with van der Waals surface area (Å²) in [6.07, 6.45) is 4.47. The number of alkyl halides is 2. The molecular formula is C23H23F2N3O2S. The first kappa shape index (κ1) is 20.3. The SMILES string of the molecule is OC1CCCc2sc(Nc3nccc(-c4ccc(C(F)F)cc4)c3OC3CCC3)nc21. The van der Waals surface area contributed by atoms with Crippen LogP contribution in [-0.4, -0.2) is 21.2 Å². The van der Waals surface area contributed by atoms with Gasteiger partial charge in [-0.2, -0.15) is 0 Å². The molecule has 2 aliphatic carbocycles. The molecule has 3 aromatic rings. The Morgan fingerprint density at radius 1 is 1.10 bits per heavy atom. The van der Waals surface area contributed by atoms with Crippen LogP contribution in [0.4, 0.5) is 19.7 Å². The summed E-state index contributed by atoms with van der Waals surface area (Å²) in [7, 11) is 0. The highest BCUT2D eigenvalue weighted by Gasteiger charge is 2.26. The Balaban J connectivity index is 1.50. The maximum absolute atomic E-state index is 13.0. The average molecular weight is 444 g/mol. The maximum atomic E-state index is 13.0. The molecule has 2 aromatic heterocycles. The van der Waals surface area contributed by atoms with Gasteiger partial charge in [-0.3, -0.25) is 0 Å². The second-order valence-electron chi connectivity index (χ2n) is 7.99. The highest BCUT2D eigenvalue weighted by molar-refractivity contribution is 7.15. The number of nitrogens with zero attached hydrogens (tertiary/aromatic N) is 2. The van der Waals surface area contributed by atoms with Crippen molar-refractivity contribution in [3.8, 4) is 16.9 Å². The second-order valence-corrected chi connectivity index (χ2v) is 9.07. The number of aromatic nitrogens is 2. The fourth-order valence-corrected chi connectivity index (χ4v) is 4.96. The molecule has 0 radical (unpaired) electrons. The summed E-state index contributed by atoms with van der Waals surface area (Å²) < 4.78 is 32.2. The van der Waals surface area contributed by atoms with Crippen molar-refractivity contribution in [3.63, 3.8) is 0 Å². The van der Waals surface area contributed by atoms with Crippen LogP contribution < -0.4 is 10.1 Å². The summed E-state index contributed by atoms with van der Waals surface area (Å²) in [5, 5.41) is 14.2. The number of halogens is 2. The first-order chi connectivity index (χ1) is 15.1. The topological polar surface area (TPSA) is 67.3 Å². The zero-order valence-corrected chi connectivity index (χ0v) is 17.7. The van der Waals surface area contributed by atoms with Gasteiger partial charge in [-0.1, -0.05) is 24.3 Å². The van der Waals surface area contributed by atoms with Gasteiger partial charge < -0.3 is 15.2 Å². The number of nitrogens with one attached hydrogen (secondary N) is 1. The molecule has 5 rings (SSSR count). The minimum absolute atomic E-state index is 0.00969. The van der Waals surface area contributed by atoms with E-state index in [9.17, 15) is 13.9 Å². The summed E-state index contributed by atoms with van der Waals surface area (Å²) in [6.45, 7) is 0. The predicted molar refractivity (Wildman–Crippen MR) is 116 cm³/mol. The molecule has 162 valence electrons. The number of rotatable bonds is 6. The van der Waals surface area contributed by atoms with E-state index in [2.05, 4.69) is 15.3 Å². The van der Waals surface area contributed by atoms with Crippen molar-refractivity contribution in [2.45, 2.75) is 57.2 Å². The lowest BCUT2D eigenvalue weighted by molar-refractivity contribution is 0.121. The smallest absolute Gasteiger partial charge is 0.263 e. The lowest BCUT2D eigenvalue weighted by Gasteiger charge is -2.28. The van der Waals surface area contributed by atoms with Crippen molar-refractivity contribution >= 4 is 22.3 Å². The van der Waals surface area contributed by atoms with Crippen LogP contribution in [0, 0.1) is 0 Å². The summed E-state index contributed by atoms with van der Waals surface area (Å²) in [4.78, 5) is 10.2. The van der Waals surface area contributed by atoms with Gasteiger partial charge in [-0.25, -0.2) is 18.7 Å². The van der Waals surface area contributed by atoms with Gasteiger partial charge in [0.15, 0.2) is 16.7 Å². The Bertz CT molecular complexity index is 1070. The molecule has 1 atom stereocenters. The van der Waals surface area contributed by atoms with Crippen LogP contribution in [0.3, 0.4) is 0 Å². The van der Waals surface area contributed by atoms with Crippen LogP contribution in [0.5, 0.6) is 5.75 Å².